The molecule has 0 saturated carbocycles. The summed E-state index contributed by atoms with van der Waals surface area (Å²) in [5.41, 5.74) is 4.47. The van der Waals surface area contributed by atoms with Crippen LogP contribution in [0.15, 0.2) is 12.4 Å². The molecular weight excluding hydrogens is 220 g/mol. The lowest BCUT2D eigenvalue weighted by molar-refractivity contribution is 0.109. The van der Waals surface area contributed by atoms with Crippen LogP contribution in [-0.2, 0) is 17.8 Å². The number of ether oxygens (including phenoxy) is 1. The highest BCUT2D eigenvalue weighted by Gasteiger charge is 2.18. The summed E-state index contributed by atoms with van der Waals surface area (Å²) in [6.45, 7) is 1.17. The molecule has 2 aromatic heterocycles. The second-order valence-corrected chi connectivity index (χ2v) is 3.71. The van der Waals surface area contributed by atoms with Crippen LogP contribution in [-0.4, -0.2) is 26.5 Å². The predicted molar refractivity (Wildman–Crippen MR) is 60.8 cm³/mol. The molecule has 3 heterocycles. The number of hydrogen-bond acceptors (Lipinski definition) is 6. The highest BCUT2D eigenvalue weighted by Crippen LogP contribution is 2.24. The minimum absolute atomic E-state index is 0.493. The quantitative estimate of drug-likeness (QED) is 0.506. The molecule has 0 saturated heterocycles. The number of H-pyrrole nitrogens is 1. The van der Waals surface area contributed by atoms with E-state index in [2.05, 4.69) is 25.4 Å². The van der Waals surface area contributed by atoms with Crippen molar-refractivity contribution in [2.75, 3.05) is 12.0 Å². The summed E-state index contributed by atoms with van der Waals surface area (Å²) in [5, 5.41) is 0. The van der Waals surface area contributed by atoms with Crippen LogP contribution >= 0.6 is 0 Å². The molecule has 17 heavy (non-hydrogen) atoms. The molecule has 0 atom stereocenters. The number of anilines is 1. The molecule has 4 N–H and O–H groups in total. The van der Waals surface area contributed by atoms with Crippen LogP contribution < -0.4 is 11.3 Å². The smallest absolute Gasteiger partial charge is 0.197 e. The lowest BCUT2D eigenvalue weighted by Crippen LogP contribution is -2.19. The second-order valence-electron chi connectivity index (χ2n) is 3.71. The van der Waals surface area contributed by atoms with Gasteiger partial charge >= 0.3 is 0 Å². The summed E-state index contributed by atoms with van der Waals surface area (Å²) in [7, 11) is 0. The van der Waals surface area contributed by atoms with E-state index in [1.807, 2.05) is 0 Å². The number of imidazole rings is 1. The number of nitrogens with two attached hydrogens (primary N) is 1. The average molecular weight is 232 g/mol. The Labute approximate surface area is 97.4 Å². The lowest BCUT2D eigenvalue weighted by Gasteiger charge is -2.18. The number of rotatable bonds is 2. The number of aromatic amines is 1. The summed E-state index contributed by atoms with van der Waals surface area (Å²) < 4.78 is 5.37. The van der Waals surface area contributed by atoms with Crippen molar-refractivity contribution in [1.29, 1.82) is 0 Å². The molecule has 88 valence electrons. The summed E-state index contributed by atoms with van der Waals surface area (Å²) in [5.74, 6) is 7.25. The molecule has 0 fully saturated rings. The standard InChI is InChI=1S/C10H12N6O/c11-16-8-6-5-17-4-1-7(6)14-10(15-8)9-12-2-3-13-9/h2-3H,1,4-5,11H2,(H,12,13)(H,14,15,16). The molecule has 0 aliphatic carbocycles. The van der Waals surface area contributed by atoms with Crippen molar-refractivity contribution < 1.29 is 4.74 Å². The Morgan fingerprint density at radius 1 is 1.41 bits per heavy atom. The van der Waals surface area contributed by atoms with Gasteiger partial charge < -0.3 is 15.1 Å². The van der Waals surface area contributed by atoms with E-state index in [9.17, 15) is 0 Å². The van der Waals surface area contributed by atoms with Gasteiger partial charge in [-0.2, -0.15) is 0 Å². The first kappa shape index (κ1) is 10.2. The highest BCUT2D eigenvalue weighted by molar-refractivity contribution is 5.54. The molecule has 3 rings (SSSR count). The fraction of sp³-hybridized carbons (Fsp3) is 0.300. The molecule has 1 aliphatic heterocycles. The van der Waals surface area contributed by atoms with E-state index in [0.717, 1.165) is 17.7 Å². The third kappa shape index (κ3) is 1.75. The summed E-state index contributed by atoms with van der Waals surface area (Å²) in [6.07, 6.45) is 4.16. The van der Waals surface area contributed by atoms with Crippen molar-refractivity contribution in [3.8, 4) is 11.6 Å². The Morgan fingerprint density at radius 3 is 3.12 bits per heavy atom. The van der Waals surface area contributed by atoms with Gasteiger partial charge in [0.1, 0.15) is 5.82 Å². The third-order valence-electron chi connectivity index (χ3n) is 2.67. The maximum atomic E-state index is 5.47. The van der Waals surface area contributed by atoms with Gasteiger partial charge in [-0.15, -0.1) is 0 Å². The number of aromatic nitrogens is 4. The number of nitrogens with one attached hydrogen (secondary N) is 2. The number of nitrogen functional groups attached to an aromatic ring is 1. The van der Waals surface area contributed by atoms with Crippen LogP contribution in [0.4, 0.5) is 5.82 Å². The Balaban J connectivity index is 2.12. The minimum Gasteiger partial charge on any atom is -0.376 e. The van der Waals surface area contributed by atoms with Crippen molar-refractivity contribution >= 4 is 5.82 Å². The van der Waals surface area contributed by atoms with Gasteiger partial charge in [-0.3, -0.25) is 0 Å². The third-order valence-corrected chi connectivity index (χ3v) is 2.67. The molecule has 7 nitrogen and oxygen atoms in total. The monoisotopic (exact) mass is 232 g/mol. The number of fused-ring (bicyclic) bond motifs is 1. The zero-order chi connectivity index (χ0) is 11.7. The summed E-state index contributed by atoms with van der Waals surface area (Å²) in [4.78, 5) is 15.9. The van der Waals surface area contributed by atoms with Gasteiger partial charge in [0, 0.05) is 24.4 Å². The molecule has 0 unspecified atom stereocenters. The fourth-order valence-corrected chi connectivity index (χ4v) is 1.84. The summed E-state index contributed by atoms with van der Waals surface area (Å²) in [6, 6.07) is 0. The van der Waals surface area contributed by atoms with Crippen LogP contribution in [0.3, 0.4) is 0 Å². The van der Waals surface area contributed by atoms with Gasteiger partial charge in [0.05, 0.1) is 18.9 Å². The van der Waals surface area contributed by atoms with E-state index in [0.29, 0.717) is 30.7 Å². The molecule has 0 bridgehead atoms. The molecular formula is C10H12N6O. The first-order chi connectivity index (χ1) is 8.38. The zero-order valence-electron chi connectivity index (χ0n) is 9.10. The van der Waals surface area contributed by atoms with Crippen molar-refractivity contribution in [1.82, 2.24) is 19.9 Å². The Morgan fingerprint density at radius 2 is 2.35 bits per heavy atom. The Hall–Kier alpha value is -1.99. The molecule has 0 aromatic carbocycles. The molecule has 7 heteroatoms. The SMILES string of the molecule is NNc1nc(-c2ncc[nH]2)nc2c1COCC2. The molecule has 2 aromatic rings. The van der Waals surface area contributed by atoms with E-state index >= 15 is 0 Å². The van der Waals surface area contributed by atoms with Gasteiger partial charge in [0.25, 0.3) is 0 Å². The van der Waals surface area contributed by atoms with Crippen molar-refractivity contribution in [2.45, 2.75) is 13.0 Å². The maximum Gasteiger partial charge on any atom is 0.197 e. The first-order valence-electron chi connectivity index (χ1n) is 5.32. The van der Waals surface area contributed by atoms with Gasteiger partial charge in [-0.1, -0.05) is 0 Å². The molecule has 0 amide bonds. The highest BCUT2D eigenvalue weighted by atomic mass is 16.5. The van der Waals surface area contributed by atoms with Crippen LogP contribution in [0.2, 0.25) is 0 Å². The van der Waals surface area contributed by atoms with Gasteiger partial charge in [0.2, 0.25) is 0 Å². The van der Waals surface area contributed by atoms with E-state index in [-0.39, 0.29) is 0 Å². The van der Waals surface area contributed by atoms with E-state index in [1.54, 1.807) is 12.4 Å². The lowest BCUT2D eigenvalue weighted by atomic mass is 10.1. The largest absolute Gasteiger partial charge is 0.376 e. The number of hydrazine groups is 1. The number of nitrogens with zero attached hydrogens (tertiary/aromatic N) is 3. The van der Waals surface area contributed by atoms with Crippen LogP contribution in [0.5, 0.6) is 0 Å². The van der Waals surface area contributed by atoms with E-state index < -0.39 is 0 Å². The Bertz CT molecular complexity index is 507. The zero-order valence-corrected chi connectivity index (χ0v) is 9.10. The van der Waals surface area contributed by atoms with Crippen molar-refractivity contribution in [2.24, 2.45) is 5.84 Å². The topological polar surface area (TPSA) is 102 Å². The second kappa shape index (κ2) is 4.11. The van der Waals surface area contributed by atoms with Crippen LogP contribution in [0.1, 0.15) is 11.3 Å². The fourth-order valence-electron chi connectivity index (χ4n) is 1.84. The minimum atomic E-state index is 0.493. The average Bonchev–Trinajstić information content (AvgIpc) is 2.91. The normalized spacial score (nSPS) is 14.4. The molecule has 1 aliphatic rings. The van der Waals surface area contributed by atoms with Gasteiger partial charge in [0.15, 0.2) is 11.6 Å². The summed E-state index contributed by atoms with van der Waals surface area (Å²) >= 11 is 0. The molecule has 0 spiro atoms. The van der Waals surface area contributed by atoms with Gasteiger partial charge in [-0.25, -0.2) is 20.8 Å². The maximum absolute atomic E-state index is 5.47. The van der Waals surface area contributed by atoms with Crippen molar-refractivity contribution in [3.63, 3.8) is 0 Å². The van der Waals surface area contributed by atoms with Crippen molar-refractivity contribution in [3.05, 3.63) is 23.7 Å². The predicted octanol–water partition coefficient (Wildman–Crippen LogP) is 0.225. The first-order valence-corrected chi connectivity index (χ1v) is 5.32. The number of hydrogen-bond donors (Lipinski definition) is 3. The van der Waals surface area contributed by atoms with Crippen LogP contribution in [0.25, 0.3) is 11.6 Å². The van der Waals surface area contributed by atoms with Gasteiger partial charge in [-0.05, 0) is 0 Å². The van der Waals surface area contributed by atoms with E-state index in [4.69, 9.17) is 10.6 Å². The molecule has 0 radical (unpaired) electrons. The van der Waals surface area contributed by atoms with E-state index in [1.165, 1.54) is 0 Å². The Kier molecular flexibility index (Phi) is 2.46. The van der Waals surface area contributed by atoms with Crippen LogP contribution in [0, 0.1) is 0 Å².